The van der Waals surface area contributed by atoms with Crippen LogP contribution in [0.2, 0.25) is 0 Å². The van der Waals surface area contributed by atoms with Crippen LogP contribution in [0.15, 0.2) is 110 Å². The van der Waals surface area contributed by atoms with Crippen LogP contribution in [0.3, 0.4) is 0 Å². The second kappa shape index (κ2) is 15.0. The molecule has 0 radical (unpaired) electrons. The van der Waals surface area contributed by atoms with Crippen LogP contribution >= 0.6 is 0 Å². The van der Waals surface area contributed by atoms with Gasteiger partial charge in [0, 0.05) is 30.5 Å². The number of anilines is 1. The summed E-state index contributed by atoms with van der Waals surface area (Å²) in [6, 6.07) is 28.3. The molecule has 3 atom stereocenters. The van der Waals surface area contributed by atoms with E-state index in [9.17, 15) is 14.4 Å². The van der Waals surface area contributed by atoms with Gasteiger partial charge in [0.1, 0.15) is 17.7 Å². The highest BCUT2D eigenvalue weighted by atomic mass is 16.5. The van der Waals surface area contributed by atoms with Crippen molar-refractivity contribution in [1.29, 1.82) is 0 Å². The summed E-state index contributed by atoms with van der Waals surface area (Å²) < 4.78 is 4.83. The lowest BCUT2D eigenvalue weighted by Gasteiger charge is -2.28. The fourth-order valence-corrected chi connectivity index (χ4v) is 8.88. The van der Waals surface area contributed by atoms with Crippen molar-refractivity contribution < 1.29 is 19.1 Å². The summed E-state index contributed by atoms with van der Waals surface area (Å²) in [4.78, 5) is 69.3. The summed E-state index contributed by atoms with van der Waals surface area (Å²) >= 11 is 0. The molecule has 0 unspecified atom stereocenters. The number of aryl methyl sites for hydroxylation is 1. The lowest BCUT2D eigenvalue weighted by Crippen LogP contribution is -2.42. The second-order valence-corrected chi connectivity index (χ2v) is 15.3. The van der Waals surface area contributed by atoms with E-state index in [-0.39, 0.29) is 23.9 Å². The number of nitrogens with zero attached hydrogens (tertiary/aromatic N) is 6. The normalized spacial score (nSPS) is 17.8. The first kappa shape index (κ1) is 36.2. The van der Waals surface area contributed by atoms with Crippen molar-refractivity contribution in [1.82, 2.24) is 40.1 Å². The molecule has 4 aromatic carbocycles. The van der Waals surface area contributed by atoms with Gasteiger partial charge in [0.25, 0.3) is 5.91 Å². The third-order valence-electron chi connectivity index (χ3n) is 11.8. The molecule has 0 spiro atoms. The van der Waals surface area contributed by atoms with E-state index in [0.29, 0.717) is 24.4 Å². The molecule has 3 aliphatic heterocycles. The Hall–Kier alpha value is -7.15. The number of amides is 3. The summed E-state index contributed by atoms with van der Waals surface area (Å²) in [6.45, 7) is 0.547. The number of ether oxygens (including phenoxy) is 1. The molecule has 10 rings (SSSR count). The van der Waals surface area contributed by atoms with Crippen LogP contribution in [0.1, 0.15) is 72.1 Å². The monoisotopic (exact) mass is 783 g/mol. The highest BCUT2D eigenvalue weighted by molar-refractivity contribution is 5.98. The van der Waals surface area contributed by atoms with Crippen LogP contribution in [0, 0.1) is 0 Å². The molecule has 0 aliphatic carbocycles. The van der Waals surface area contributed by atoms with Crippen LogP contribution < -0.4 is 10.2 Å². The third kappa shape index (κ3) is 6.67. The van der Waals surface area contributed by atoms with Gasteiger partial charge >= 0.3 is 6.09 Å². The van der Waals surface area contributed by atoms with Gasteiger partial charge in [0.05, 0.1) is 71.6 Å². The minimum atomic E-state index is -0.886. The molecule has 1 fully saturated rings. The Kier molecular flexibility index (Phi) is 9.19. The molecule has 59 heavy (non-hydrogen) atoms. The number of hydrogen-bond donors (Lipinski definition) is 3. The van der Waals surface area contributed by atoms with Gasteiger partial charge in [-0.2, -0.15) is 0 Å². The number of para-hydroxylation sites is 1. The summed E-state index contributed by atoms with van der Waals surface area (Å²) in [5.74, 6) is 1.42. The Morgan fingerprint density at radius 2 is 1.49 bits per heavy atom. The van der Waals surface area contributed by atoms with E-state index in [1.807, 2.05) is 83.9 Å². The Morgan fingerprint density at radius 3 is 2.29 bits per heavy atom. The minimum absolute atomic E-state index is 0.140. The fraction of sp³-hybridized carbons (Fsp3) is 0.239. The molecule has 3 N–H and O–H groups in total. The highest BCUT2D eigenvalue weighted by Gasteiger charge is 2.39. The van der Waals surface area contributed by atoms with E-state index in [2.05, 4.69) is 33.5 Å². The van der Waals surface area contributed by atoms with Gasteiger partial charge in [0.15, 0.2) is 0 Å². The zero-order valence-corrected chi connectivity index (χ0v) is 32.4. The van der Waals surface area contributed by atoms with Gasteiger partial charge in [-0.3, -0.25) is 14.6 Å². The van der Waals surface area contributed by atoms with Crippen molar-refractivity contribution >= 4 is 34.6 Å². The predicted octanol–water partition coefficient (Wildman–Crippen LogP) is 7.80. The number of nitrogens with one attached hydrogen (secondary N) is 3. The van der Waals surface area contributed by atoms with E-state index >= 15 is 0 Å². The molecule has 0 bridgehead atoms. The first-order valence-corrected chi connectivity index (χ1v) is 20.0. The van der Waals surface area contributed by atoms with Crippen molar-refractivity contribution in [3.05, 3.63) is 138 Å². The average Bonchev–Trinajstić information content (AvgIpc) is 4.10. The van der Waals surface area contributed by atoms with Gasteiger partial charge in [0.2, 0.25) is 5.91 Å². The maximum atomic E-state index is 13.9. The second-order valence-electron chi connectivity index (χ2n) is 15.3. The van der Waals surface area contributed by atoms with Crippen molar-refractivity contribution in [2.24, 2.45) is 0 Å². The van der Waals surface area contributed by atoms with Crippen molar-refractivity contribution in [3.8, 4) is 33.8 Å². The average molecular weight is 784 g/mol. The SMILES string of the molecule is COC(=O)N[C@@H](C(=O)N1CCC[C@H]1c1ncc(-c2ccc3nc(-c4ccc(-c5cnc([C@@H]6Cc7cccc8c7N6C(=O)CCC8)[nH]5)cc4)cnc3c2)[nH]1)c1ccccc1. The number of imidazole rings is 2. The maximum absolute atomic E-state index is 13.9. The summed E-state index contributed by atoms with van der Waals surface area (Å²) in [5.41, 5.74) is 11.0. The molecular formula is C46H41N9O4. The van der Waals surface area contributed by atoms with Crippen LogP contribution in [0.25, 0.3) is 44.8 Å². The number of hydrogen-bond acceptors (Lipinski definition) is 8. The Bertz CT molecular complexity index is 2730. The van der Waals surface area contributed by atoms with Crippen molar-refractivity contribution in [2.75, 3.05) is 18.6 Å². The molecule has 7 aromatic rings. The Labute approximate surface area is 339 Å². The minimum Gasteiger partial charge on any atom is -0.453 e. The number of H-pyrrole nitrogens is 2. The standard InChI is InChI=1S/C46H41N9O4/c1-59-46(58)53-41(29-8-3-2-4-9-29)45(57)54-21-7-13-38(54)43-48-26-37(52-43)31-19-20-33-34(22-31)47-24-35(50-33)27-15-17-28(18-16-27)36-25-49-44(51-36)39-23-32-12-5-10-30-11-6-14-40(56)55(39)42(30)32/h2-5,8-10,12,15-20,22,24-26,38-39,41H,6-7,11,13-14,21,23H2,1H3,(H,48,52)(H,49,51)(H,53,58)/t38-,39-,41+/m0/s1. The summed E-state index contributed by atoms with van der Waals surface area (Å²) in [7, 11) is 1.28. The molecule has 3 amide bonds. The van der Waals surface area contributed by atoms with E-state index < -0.39 is 12.1 Å². The van der Waals surface area contributed by atoms with Gasteiger partial charge in [-0.15, -0.1) is 0 Å². The van der Waals surface area contributed by atoms with Crippen LogP contribution in [0.5, 0.6) is 0 Å². The number of alkyl carbamates (subject to hydrolysis) is 1. The maximum Gasteiger partial charge on any atom is 0.407 e. The summed E-state index contributed by atoms with van der Waals surface area (Å²) in [6.07, 6.45) is 9.38. The molecule has 1 saturated heterocycles. The molecule has 13 heteroatoms. The predicted molar refractivity (Wildman–Crippen MR) is 222 cm³/mol. The smallest absolute Gasteiger partial charge is 0.407 e. The number of benzene rings is 4. The number of rotatable bonds is 8. The van der Waals surface area contributed by atoms with Crippen LogP contribution in [-0.4, -0.2) is 66.4 Å². The Morgan fingerprint density at radius 1 is 0.763 bits per heavy atom. The molecule has 3 aromatic heterocycles. The van der Waals surface area contributed by atoms with Gasteiger partial charge in [-0.25, -0.2) is 19.7 Å². The van der Waals surface area contributed by atoms with E-state index in [4.69, 9.17) is 24.7 Å². The van der Waals surface area contributed by atoms with E-state index in [1.165, 1.54) is 18.2 Å². The summed E-state index contributed by atoms with van der Waals surface area (Å²) in [5, 5.41) is 2.71. The molecule has 294 valence electrons. The largest absolute Gasteiger partial charge is 0.453 e. The molecule has 0 saturated carbocycles. The fourth-order valence-electron chi connectivity index (χ4n) is 8.88. The van der Waals surface area contributed by atoms with Gasteiger partial charge < -0.3 is 29.8 Å². The highest BCUT2D eigenvalue weighted by Crippen LogP contribution is 2.44. The first-order chi connectivity index (χ1) is 28.9. The van der Waals surface area contributed by atoms with Crippen LogP contribution in [0.4, 0.5) is 10.5 Å². The van der Waals surface area contributed by atoms with Crippen molar-refractivity contribution in [3.63, 3.8) is 0 Å². The lowest BCUT2D eigenvalue weighted by molar-refractivity contribution is -0.134. The number of aromatic amines is 2. The molecule has 3 aliphatic rings. The van der Waals surface area contributed by atoms with E-state index in [1.54, 1.807) is 17.3 Å². The molecule has 6 heterocycles. The van der Waals surface area contributed by atoms with Crippen LogP contribution in [-0.2, 0) is 27.2 Å². The van der Waals surface area contributed by atoms with Gasteiger partial charge in [-0.05, 0) is 60.1 Å². The lowest BCUT2D eigenvalue weighted by atomic mass is 10.0. The number of carbonyl (C=O) groups is 3. The molecular weight excluding hydrogens is 743 g/mol. The van der Waals surface area contributed by atoms with Crippen molar-refractivity contribution in [2.45, 2.75) is 56.7 Å². The topological polar surface area (TPSA) is 162 Å². The zero-order chi connectivity index (χ0) is 40.0. The zero-order valence-electron chi connectivity index (χ0n) is 32.4. The van der Waals surface area contributed by atoms with E-state index in [0.717, 1.165) is 88.4 Å². The molecule has 13 nitrogen and oxygen atoms in total. The van der Waals surface area contributed by atoms with Gasteiger partial charge in [-0.1, -0.05) is 78.9 Å². The number of carbonyl (C=O) groups excluding carboxylic acids is 3. The first-order valence-electron chi connectivity index (χ1n) is 20.0. The number of likely N-dealkylation sites (tertiary alicyclic amines) is 1. The Balaban J connectivity index is 0.839. The number of aromatic nitrogens is 6. The quantitative estimate of drug-likeness (QED) is 0.141. The number of fused-ring (bicyclic) bond motifs is 1. The number of methoxy groups -OCH3 is 1. The third-order valence-corrected chi connectivity index (χ3v) is 11.8.